The molecule has 1 heterocycles. The van der Waals surface area contributed by atoms with Gasteiger partial charge in [0.2, 0.25) is 5.91 Å². The summed E-state index contributed by atoms with van der Waals surface area (Å²) in [5, 5.41) is 0. The number of hydrogen-bond donors (Lipinski definition) is 0. The Kier molecular flexibility index (Phi) is 2.08. The van der Waals surface area contributed by atoms with E-state index in [4.69, 9.17) is 0 Å². The molecule has 1 aromatic rings. The molecule has 1 unspecified atom stereocenters. The second-order valence-electron chi connectivity index (χ2n) is 3.45. The van der Waals surface area contributed by atoms with Gasteiger partial charge in [0, 0.05) is 13.3 Å². The van der Waals surface area contributed by atoms with Crippen LogP contribution in [0.1, 0.15) is 6.92 Å². The largest absolute Gasteiger partial charge is 0.313 e. The number of carbonyl (C=O) groups is 1. The molecule has 3 nitrogen and oxygen atoms in total. The SMILES string of the molecule is CC1C=Nc2ccccc2N(C)C1=O. The molecule has 3 heteroatoms. The molecule has 1 aliphatic heterocycles. The molecule has 0 spiro atoms. The van der Waals surface area contributed by atoms with Crippen LogP contribution < -0.4 is 4.90 Å². The fourth-order valence-corrected chi connectivity index (χ4v) is 1.54. The van der Waals surface area contributed by atoms with Gasteiger partial charge in [0.25, 0.3) is 0 Å². The van der Waals surface area contributed by atoms with Crippen LogP contribution in [0.3, 0.4) is 0 Å². The monoisotopic (exact) mass is 188 g/mol. The van der Waals surface area contributed by atoms with Gasteiger partial charge in [-0.1, -0.05) is 12.1 Å². The summed E-state index contributed by atoms with van der Waals surface area (Å²) in [5.74, 6) is -0.0638. The molecule has 1 atom stereocenters. The Labute approximate surface area is 83.1 Å². The molecule has 0 radical (unpaired) electrons. The molecular formula is C11H12N2O. The predicted molar refractivity (Wildman–Crippen MR) is 57.2 cm³/mol. The number of nitrogens with zero attached hydrogens (tertiary/aromatic N) is 2. The second kappa shape index (κ2) is 3.25. The predicted octanol–water partition coefficient (Wildman–Crippen LogP) is 2.00. The average Bonchev–Trinajstić information content (AvgIpc) is 2.32. The Balaban J connectivity index is 2.54. The maximum atomic E-state index is 11.7. The van der Waals surface area contributed by atoms with Gasteiger partial charge >= 0.3 is 0 Å². The Morgan fingerprint density at radius 2 is 2.07 bits per heavy atom. The van der Waals surface area contributed by atoms with Gasteiger partial charge in [0.15, 0.2) is 0 Å². The van der Waals surface area contributed by atoms with Crippen LogP contribution in [0.4, 0.5) is 11.4 Å². The van der Waals surface area contributed by atoms with E-state index in [0.29, 0.717) is 0 Å². The number of para-hydroxylation sites is 2. The fourth-order valence-electron chi connectivity index (χ4n) is 1.54. The molecule has 14 heavy (non-hydrogen) atoms. The average molecular weight is 188 g/mol. The molecule has 1 aliphatic rings. The van der Waals surface area contributed by atoms with Crippen molar-refractivity contribution in [3.8, 4) is 0 Å². The molecule has 0 fully saturated rings. The normalized spacial score (nSPS) is 20.6. The molecular weight excluding hydrogens is 176 g/mol. The van der Waals surface area contributed by atoms with Crippen molar-refractivity contribution in [1.29, 1.82) is 0 Å². The molecule has 0 N–H and O–H groups in total. The van der Waals surface area contributed by atoms with Gasteiger partial charge in [0.05, 0.1) is 17.3 Å². The van der Waals surface area contributed by atoms with Crippen molar-refractivity contribution < 1.29 is 4.79 Å². The van der Waals surface area contributed by atoms with E-state index in [1.165, 1.54) is 0 Å². The molecule has 0 aliphatic carbocycles. The van der Waals surface area contributed by atoms with Crippen LogP contribution in [-0.2, 0) is 4.79 Å². The van der Waals surface area contributed by atoms with Crippen molar-refractivity contribution in [3.63, 3.8) is 0 Å². The lowest BCUT2D eigenvalue weighted by Gasteiger charge is -2.18. The Morgan fingerprint density at radius 1 is 1.36 bits per heavy atom. The molecule has 0 saturated carbocycles. The Morgan fingerprint density at radius 3 is 2.86 bits per heavy atom. The minimum atomic E-state index is -0.146. The maximum Gasteiger partial charge on any atom is 0.235 e. The number of amides is 1. The van der Waals surface area contributed by atoms with E-state index >= 15 is 0 Å². The van der Waals surface area contributed by atoms with Crippen molar-refractivity contribution >= 4 is 23.5 Å². The van der Waals surface area contributed by atoms with Crippen molar-refractivity contribution in [3.05, 3.63) is 24.3 Å². The lowest BCUT2D eigenvalue weighted by atomic mass is 10.2. The van der Waals surface area contributed by atoms with Crippen LogP contribution in [0.5, 0.6) is 0 Å². The first-order valence-electron chi connectivity index (χ1n) is 4.61. The zero-order valence-electron chi connectivity index (χ0n) is 8.27. The first-order valence-corrected chi connectivity index (χ1v) is 4.61. The first kappa shape index (κ1) is 8.94. The number of anilines is 1. The van der Waals surface area contributed by atoms with Crippen LogP contribution in [0.2, 0.25) is 0 Å². The lowest BCUT2D eigenvalue weighted by molar-refractivity contribution is -0.119. The molecule has 0 saturated heterocycles. The van der Waals surface area contributed by atoms with Crippen LogP contribution in [0.25, 0.3) is 0 Å². The minimum Gasteiger partial charge on any atom is -0.313 e. The highest BCUT2D eigenvalue weighted by atomic mass is 16.2. The summed E-state index contributed by atoms with van der Waals surface area (Å²) >= 11 is 0. The number of benzene rings is 1. The summed E-state index contributed by atoms with van der Waals surface area (Å²) in [4.78, 5) is 17.7. The highest BCUT2D eigenvalue weighted by molar-refractivity contribution is 6.06. The number of fused-ring (bicyclic) bond motifs is 1. The van der Waals surface area contributed by atoms with Gasteiger partial charge in [-0.2, -0.15) is 0 Å². The van der Waals surface area contributed by atoms with Crippen molar-refractivity contribution in [2.45, 2.75) is 6.92 Å². The summed E-state index contributed by atoms with van der Waals surface area (Å²) in [5.41, 5.74) is 1.73. The lowest BCUT2D eigenvalue weighted by Crippen LogP contribution is -2.31. The molecule has 1 amide bonds. The molecule has 2 rings (SSSR count). The molecule has 0 aromatic heterocycles. The number of hydrogen-bond acceptors (Lipinski definition) is 2. The van der Waals surface area contributed by atoms with E-state index in [9.17, 15) is 4.79 Å². The zero-order valence-corrected chi connectivity index (χ0v) is 8.27. The zero-order chi connectivity index (χ0) is 10.1. The standard InChI is InChI=1S/C11H12N2O/c1-8-7-12-9-5-3-4-6-10(9)13(2)11(8)14/h3-8H,1-2H3. The first-order chi connectivity index (χ1) is 6.70. The topological polar surface area (TPSA) is 32.7 Å². The number of carbonyl (C=O) groups excluding carboxylic acids is 1. The van der Waals surface area contributed by atoms with Gasteiger partial charge in [-0.25, -0.2) is 0 Å². The Bertz CT molecular complexity index is 398. The van der Waals surface area contributed by atoms with Crippen molar-refractivity contribution in [1.82, 2.24) is 0 Å². The van der Waals surface area contributed by atoms with Crippen molar-refractivity contribution in [2.24, 2.45) is 10.9 Å². The minimum absolute atomic E-state index is 0.0821. The van der Waals surface area contributed by atoms with E-state index in [2.05, 4.69) is 4.99 Å². The quantitative estimate of drug-likeness (QED) is 0.613. The molecule has 1 aromatic carbocycles. The van der Waals surface area contributed by atoms with Crippen LogP contribution in [-0.4, -0.2) is 19.2 Å². The van der Waals surface area contributed by atoms with Gasteiger partial charge in [-0.3, -0.25) is 9.79 Å². The summed E-state index contributed by atoms with van der Waals surface area (Å²) in [7, 11) is 1.78. The van der Waals surface area contributed by atoms with Gasteiger partial charge in [-0.05, 0) is 19.1 Å². The third kappa shape index (κ3) is 1.31. The van der Waals surface area contributed by atoms with Crippen molar-refractivity contribution in [2.75, 3.05) is 11.9 Å². The van der Waals surface area contributed by atoms with E-state index in [0.717, 1.165) is 11.4 Å². The Hall–Kier alpha value is -1.64. The van der Waals surface area contributed by atoms with Crippen LogP contribution >= 0.6 is 0 Å². The summed E-state index contributed by atoms with van der Waals surface area (Å²) < 4.78 is 0. The highest BCUT2D eigenvalue weighted by Gasteiger charge is 2.21. The van der Waals surface area contributed by atoms with E-state index < -0.39 is 0 Å². The van der Waals surface area contributed by atoms with Gasteiger partial charge in [-0.15, -0.1) is 0 Å². The third-order valence-electron chi connectivity index (χ3n) is 2.40. The van der Waals surface area contributed by atoms with Crippen LogP contribution in [0, 0.1) is 5.92 Å². The van der Waals surface area contributed by atoms with Gasteiger partial charge < -0.3 is 4.90 Å². The molecule has 0 bridgehead atoms. The van der Waals surface area contributed by atoms with E-state index in [-0.39, 0.29) is 11.8 Å². The fraction of sp³-hybridized carbons (Fsp3) is 0.273. The smallest absolute Gasteiger partial charge is 0.235 e. The molecule has 72 valence electrons. The summed E-state index contributed by atoms with van der Waals surface area (Å²) in [6.45, 7) is 1.86. The highest BCUT2D eigenvalue weighted by Crippen LogP contribution is 2.30. The third-order valence-corrected chi connectivity index (χ3v) is 2.40. The van der Waals surface area contributed by atoms with Crippen LogP contribution in [0.15, 0.2) is 29.3 Å². The maximum absolute atomic E-state index is 11.7. The summed E-state index contributed by atoms with van der Waals surface area (Å²) in [6.07, 6.45) is 1.70. The van der Waals surface area contributed by atoms with Gasteiger partial charge in [0.1, 0.15) is 0 Å². The van der Waals surface area contributed by atoms with E-state index in [1.807, 2.05) is 31.2 Å². The summed E-state index contributed by atoms with van der Waals surface area (Å²) in [6, 6.07) is 7.65. The number of rotatable bonds is 0. The number of aliphatic imine (C=N–C) groups is 1. The second-order valence-corrected chi connectivity index (χ2v) is 3.45. The van der Waals surface area contributed by atoms with E-state index in [1.54, 1.807) is 18.2 Å².